The predicted molar refractivity (Wildman–Crippen MR) is 156 cm³/mol. The standard InChI is InChI=1S/C23H40N2O2.C8H5N3/c1-10-25(18-11-12-19(24)17(2)15-18)13-14-27-20(26)23(9,22(6,7)8)16-21(3,4)5;9-4-6-1-2-8(11)3-7(6)5-10/h11-12,15H,10,13-14,16,24H2,1-9H3;1-3H,11H2. The zero-order valence-corrected chi connectivity index (χ0v) is 24.6. The van der Waals surface area contributed by atoms with Gasteiger partial charge in [0.05, 0.1) is 23.1 Å². The highest BCUT2D eigenvalue weighted by Crippen LogP contribution is 2.47. The smallest absolute Gasteiger partial charge is 0.312 e. The zero-order valence-electron chi connectivity index (χ0n) is 24.6. The van der Waals surface area contributed by atoms with Crippen molar-refractivity contribution in [3.05, 3.63) is 53.1 Å². The molecule has 0 aliphatic rings. The van der Waals surface area contributed by atoms with Gasteiger partial charge in [0.15, 0.2) is 0 Å². The van der Waals surface area contributed by atoms with Crippen molar-refractivity contribution in [1.82, 2.24) is 0 Å². The summed E-state index contributed by atoms with van der Waals surface area (Å²) in [6, 6.07) is 14.4. The number of rotatable bonds is 7. The minimum Gasteiger partial charge on any atom is -0.463 e. The fraction of sp³-hybridized carbons (Fsp3) is 0.516. The fourth-order valence-corrected chi connectivity index (χ4v) is 4.19. The molecule has 0 radical (unpaired) electrons. The topological polar surface area (TPSA) is 129 Å². The summed E-state index contributed by atoms with van der Waals surface area (Å²) in [6.45, 7) is 20.9. The molecule has 206 valence electrons. The Morgan fingerprint density at radius 3 is 2.03 bits per heavy atom. The van der Waals surface area contributed by atoms with E-state index in [0.717, 1.165) is 29.9 Å². The third-order valence-electron chi connectivity index (χ3n) is 6.87. The van der Waals surface area contributed by atoms with E-state index in [1.165, 1.54) is 12.1 Å². The van der Waals surface area contributed by atoms with Crippen molar-refractivity contribution in [2.24, 2.45) is 16.2 Å². The summed E-state index contributed by atoms with van der Waals surface area (Å²) in [7, 11) is 0. The number of carbonyl (C=O) groups is 1. The molecule has 0 bridgehead atoms. The van der Waals surface area contributed by atoms with Crippen molar-refractivity contribution >= 4 is 23.0 Å². The molecule has 0 fully saturated rings. The van der Waals surface area contributed by atoms with Crippen molar-refractivity contribution in [3.8, 4) is 12.1 Å². The molecule has 0 aliphatic heterocycles. The number of hydrogen-bond donors (Lipinski definition) is 2. The summed E-state index contributed by atoms with van der Waals surface area (Å²) < 4.78 is 5.78. The molecule has 0 spiro atoms. The first-order valence-electron chi connectivity index (χ1n) is 13.0. The van der Waals surface area contributed by atoms with Crippen LogP contribution in [0.3, 0.4) is 0 Å². The summed E-state index contributed by atoms with van der Waals surface area (Å²) >= 11 is 0. The Kier molecular flexibility index (Phi) is 11.2. The number of likely N-dealkylation sites (N-methyl/N-ethyl adjacent to an activating group) is 1. The van der Waals surface area contributed by atoms with Crippen molar-refractivity contribution in [3.63, 3.8) is 0 Å². The molecule has 1 unspecified atom stereocenters. The van der Waals surface area contributed by atoms with Gasteiger partial charge in [-0.05, 0) is 80.0 Å². The average Bonchev–Trinajstić information content (AvgIpc) is 2.82. The molecule has 4 N–H and O–H groups in total. The maximum Gasteiger partial charge on any atom is 0.312 e. The van der Waals surface area contributed by atoms with Crippen molar-refractivity contribution in [1.29, 1.82) is 10.5 Å². The Morgan fingerprint density at radius 1 is 0.947 bits per heavy atom. The van der Waals surface area contributed by atoms with Crippen LogP contribution in [0.4, 0.5) is 17.1 Å². The van der Waals surface area contributed by atoms with E-state index in [1.807, 2.05) is 38.1 Å². The summed E-state index contributed by atoms with van der Waals surface area (Å²) in [6.07, 6.45) is 0.789. The quantitative estimate of drug-likeness (QED) is 0.318. The van der Waals surface area contributed by atoms with Gasteiger partial charge in [0.25, 0.3) is 0 Å². The number of nitriles is 2. The Balaban J connectivity index is 0.000000544. The Hall–Kier alpha value is -3.71. The van der Waals surface area contributed by atoms with Gasteiger partial charge in [-0.2, -0.15) is 10.5 Å². The molecular weight excluding hydrogens is 474 g/mol. The lowest BCUT2D eigenvalue weighted by molar-refractivity contribution is -0.164. The number of nitrogens with two attached hydrogens (primary N) is 2. The van der Waals surface area contributed by atoms with Crippen LogP contribution < -0.4 is 16.4 Å². The van der Waals surface area contributed by atoms with Gasteiger partial charge in [0.2, 0.25) is 0 Å². The second kappa shape index (κ2) is 13.2. The van der Waals surface area contributed by atoms with Crippen LogP contribution in [-0.2, 0) is 9.53 Å². The molecule has 0 aliphatic carbocycles. The minimum atomic E-state index is -0.528. The highest BCUT2D eigenvalue weighted by Gasteiger charge is 2.47. The first kappa shape index (κ1) is 32.3. The van der Waals surface area contributed by atoms with Gasteiger partial charge in [-0.1, -0.05) is 41.5 Å². The van der Waals surface area contributed by atoms with Gasteiger partial charge in [-0.3, -0.25) is 4.79 Å². The molecule has 0 heterocycles. The molecule has 2 aromatic carbocycles. The second-order valence-corrected chi connectivity index (χ2v) is 12.1. The number of ether oxygens (including phenoxy) is 1. The van der Waals surface area contributed by atoms with Crippen molar-refractivity contribution in [2.75, 3.05) is 36.1 Å². The largest absolute Gasteiger partial charge is 0.463 e. The lowest BCUT2D eigenvalue weighted by atomic mass is 9.61. The number of benzene rings is 2. The van der Waals surface area contributed by atoms with E-state index in [2.05, 4.69) is 59.4 Å². The van der Waals surface area contributed by atoms with Crippen LogP contribution in [0.5, 0.6) is 0 Å². The lowest BCUT2D eigenvalue weighted by Gasteiger charge is -2.43. The molecule has 2 rings (SSSR count). The Morgan fingerprint density at radius 2 is 1.55 bits per heavy atom. The maximum absolute atomic E-state index is 13.0. The number of aryl methyl sites for hydroxylation is 1. The Bertz CT molecular complexity index is 1180. The summed E-state index contributed by atoms with van der Waals surface area (Å²) in [4.78, 5) is 15.2. The lowest BCUT2D eigenvalue weighted by Crippen LogP contribution is -2.45. The first-order chi connectivity index (χ1) is 17.5. The summed E-state index contributed by atoms with van der Waals surface area (Å²) in [5.41, 5.74) is 14.8. The van der Waals surface area contributed by atoms with Gasteiger partial charge in [-0.25, -0.2) is 0 Å². The van der Waals surface area contributed by atoms with E-state index in [-0.39, 0.29) is 16.8 Å². The zero-order chi connectivity index (χ0) is 29.3. The van der Waals surface area contributed by atoms with Gasteiger partial charge in [0, 0.05) is 23.6 Å². The number of esters is 1. The van der Waals surface area contributed by atoms with Crippen LogP contribution in [-0.4, -0.2) is 25.7 Å². The van der Waals surface area contributed by atoms with Crippen LogP contribution >= 0.6 is 0 Å². The molecule has 7 nitrogen and oxygen atoms in total. The minimum absolute atomic E-state index is 0.0536. The van der Waals surface area contributed by atoms with E-state index < -0.39 is 5.41 Å². The van der Waals surface area contributed by atoms with E-state index in [1.54, 1.807) is 6.07 Å². The normalized spacial score (nSPS) is 12.7. The molecule has 0 amide bonds. The highest BCUT2D eigenvalue weighted by atomic mass is 16.5. The number of hydrogen-bond acceptors (Lipinski definition) is 7. The molecule has 0 saturated carbocycles. The number of carbonyl (C=O) groups excluding carboxylic acids is 1. The van der Waals surface area contributed by atoms with Gasteiger partial charge >= 0.3 is 5.97 Å². The highest BCUT2D eigenvalue weighted by molar-refractivity contribution is 5.77. The average molecular weight is 520 g/mol. The maximum atomic E-state index is 13.0. The van der Waals surface area contributed by atoms with Crippen LogP contribution in [0.15, 0.2) is 36.4 Å². The van der Waals surface area contributed by atoms with E-state index in [0.29, 0.717) is 30.0 Å². The summed E-state index contributed by atoms with van der Waals surface area (Å²) in [5, 5.41) is 17.0. The molecule has 0 aromatic heterocycles. The monoisotopic (exact) mass is 519 g/mol. The summed E-state index contributed by atoms with van der Waals surface area (Å²) in [5.74, 6) is -0.102. The van der Waals surface area contributed by atoms with Gasteiger partial charge in [0.1, 0.15) is 18.7 Å². The molecule has 38 heavy (non-hydrogen) atoms. The van der Waals surface area contributed by atoms with E-state index >= 15 is 0 Å². The number of anilines is 3. The van der Waals surface area contributed by atoms with Crippen molar-refractivity contribution in [2.45, 2.75) is 68.7 Å². The number of nitrogen functional groups attached to an aromatic ring is 2. The van der Waals surface area contributed by atoms with Gasteiger partial charge < -0.3 is 21.1 Å². The SMILES string of the molecule is CCN(CCOC(=O)C(C)(CC(C)(C)C)C(C)(C)C)c1ccc(N)c(C)c1.N#Cc1ccc(N)cc1C#N. The van der Waals surface area contributed by atoms with Crippen LogP contribution in [0.25, 0.3) is 0 Å². The molecule has 2 aromatic rings. The second-order valence-electron chi connectivity index (χ2n) is 12.1. The third-order valence-corrected chi connectivity index (χ3v) is 6.87. The Labute approximate surface area is 229 Å². The van der Waals surface area contributed by atoms with E-state index in [4.69, 9.17) is 26.7 Å². The molecular formula is C31H45N5O2. The fourth-order valence-electron chi connectivity index (χ4n) is 4.19. The predicted octanol–water partition coefficient (Wildman–Crippen LogP) is 6.45. The van der Waals surface area contributed by atoms with Crippen molar-refractivity contribution < 1.29 is 9.53 Å². The van der Waals surface area contributed by atoms with E-state index in [9.17, 15) is 4.79 Å². The first-order valence-corrected chi connectivity index (χ1v) is 13.0. The molecule has 1 atom stereocenters. The van der Waals surface area contributed by atoms with Crippen LogP contribution in [0.2, 0.25) is 0 Å². The molecule has 7 heteroatoms. The van der Waals surface area contributed by atoms with Gasteiger partial charge in [-0.15, -0.1) is 0 Å². The van der Waals surface area contributed by atoms with Crippen LogP contribution in [0.1, 0.15) is 78.5 Å². The molecule has 0 saturated heterocycles. The third kappa shape index (κ3) is 8.99. The van der Waals surface area contributed by atoms with Crippen LogP contribution in [0, 0.1) is 45.8 Å². The number of nitrogens with zero attached hydrogens (tertiary/aromatic N) is 3.